The van der Waals surface area contributed by atoms with Crippen LogP contribution in [-0.4, -0.2) is 16.6 Å². The van der Waals surface area contributed by atoms with Crippen molar-refractivity contribution in [2.24, 2.45) is 5.41 Å². The van der Waals surface area contributed by atoms with Crippen LogP contribution in [0.2, 0.25) is 0 Å². The Balaban J connectivity index is 1.78. The highest BCUT2D eigenvalue weighted by molar-refractivity contribution is 6.06. The van der Waals surface area contributed by atoms with Crippen LogP contribution in [0.15, 0.2) is 51.7 Å². The van der Waals surface area contributed by atoms with Crippen LogP contribution in [0.5, 0.6) is 0 Å². The number of allylic oxidation sites excluding steroid dienone is 4. The number of Topliss-reactive ketones (excluding diaryl/α,β-unsaturated/α-hetero) is 2. The molecular formula is C25H25NO4. The smallest absolute Gasteiger partial charge is 0.252 e. The highest BCUT2D eigenvalue weighted by Gasteiger charge is 2.46. The third-order valence-corrected chi connectivity index (χ3v) is 6.54. The SMILES string of the molecule is Cc1cccc2cc(C3C4=C(CCCC4=O)OC4=C3C(=O)CC(C)(C)C4)c(=O)[nH]c12. The number of nitrogens with one attached hydrogen (secondary N) is 1. The molecule has 5 heteroatoms. The van der Waals surface area contributed by atoms with E-state index in [1.165, 1.54) is 0 Å². The van der Waals surface area contributed by atoms with E-state index < -0.39 is 5.92 Å². The van der Waals surface area contributed by atoms with E-state index in [0.717, 1.165) is 22.9 Å². The Morgan fingerprint density at radius 1 is 1.00 bits per heavy atom. The molecule has 1 aromatic carbocycles. The first-order chi connectivity index (χ1) is 14.2. The van der Waals surface area contributed by atoms with Gasteiger partial charge >= 0.3 is 0 Å². The highest BCUT2D eigenvalue weighted by Crippen LogP contribution is 2.50. The maximum atomic E-state index is 13.3. The molecule has 2 aromatic rings. The second kappa shape index (κ2) is 6.53. The first-order valence-corrected chi connectivity index (χ1v) is 10.6. The van der Waals surface area contributed by atoms with Gasteiger partial charge in [0.1, 0.15) is 11.5 Å². The number of fused-ring (bicyclic) bond motifs is 1. The lowest BCUT2D eigenvalue weighted by atomic mass is 9.68. The number of aromatic amines is 1. The van der Waals surface area contributed by atoms with Crippen molar-refractivity contribution < 1.29 is 14.3 Å². The normalized spacial score (nSPS) is 23.4. The topological polar surface area (TPSA) is 76.2 Å². The molecule has 0 spiro atoms. The molecule has 0 saturated heterocycles. The number of rotatable bonds is 1. The molecule has 30 heavy (non-hydrogen) atoms. The molecule has 154 valence electrons. The Morgan fingerprint density at radius 2 is 1.77 bits per heavy atom. The van der Waals surface area contributed by atoms with Crippen LogP contribution in [0.4, 0.5) is 0 Å². The van der Waals surface area contributed by atoms with E-state index in [9.17, 15) is 14.4 Å². The monoisotopic (exact) mass is 403 g/mol. The number of ether oxygens (including phenoxy) is 1. The number of pyridine rings is 1. The van der Waals surface area contributed by atoms with Crippen molar-refractivity contribution in [1.29, 1.82) is 0 Å². The second-order valence-electron chi connectivity index (χ2n) is 9.52. The molecule has 1 unspecified atom stereocenters. The average Bonchev–Trinajstić information content (AvgIpc) is 2.66. The second-order valence-corrected chi connectivity index (χ2v) is 9.52. The van der Waals surface area contributed by atoms with E-state index in [4.69, 9.17) is 4.74 Å². The van der Waals surface area contributed by atoms with Gasteiger partial charge in [-0.25, -0.2) is 0 Å². The summed E-state index contributed by atoms with van der Waals surface area (Å²) < 4.78 is 6.17. The number of ketones is 2. The third-order valence-electron chi connectivity index (χ3n) is 6.54. The van der Waals surface area contributed by atoms with Gasteiger partial charge in [-0.15, -0.1) is 0 Å². The lowest BCUT2D eigenvalue weighted by Gasteiger charge is -2.39. The molecule has 5 rings (SSSR count). The summed E-state index contributed by atoms with van der Waals surface area (Å²) >= 11 is 0. The summed E-state index contributed by atoms with van der Waals surface area (Å²) in [5.41, 5.74) is 2.77. The van der Waals surface area contributed by atoms with Crippen molar-refractivity contribution in [2.75, 3.05) is 0 Å². The molecule has 0 amide bonds. The van der Waals surface area contributed by atoms with E-state index in [1.807, 2.05) is 31.2 Å². The van der Waals surface area contributed by atoms with Crippen molar-refractivity contribution in [3.63, 3.8) is 0 Å². The average molecular weight is 403 g/mol. The van der Waals surface area contributed by atoms with Crippen molar-refractivity contribution in [3.05, 3.63) is 68.4 Å². The van der Waals surface area contributed by atoms with Gasteiger partial charge in [-0.1, -0.05) is 32.0 Å². The predicted molar refractivity (Wildman–Crippen MR) is 114 cm³/mol. The van der Waals surface area contributed by atoms with E-state index in [0.29, 0.717) is 53.9 Å². The summed E-state index contributed by atoms with van der Waals surface area (Å²) in [6, 6.07) is 7.69. The molecule has 2 aliphatic carbocycles. The van der Waals surface area contributed by atoms with Gasteiger partial charge < -0.3 is 9.72 Å². The quantitative estimate of drug-likeness (QED) is 0.755. The fraction of sp³-hybridized carbons (Fsp3) is 0.400. The Morgan fingerprint density at radius 3 is 2.57 bits per heavy atom. The van der Waals surface area contributed by atoms with E-state index in [-0.39, 0.29) is 22.5 Å². The number of aromatic nitrogens is 1. The van der Waals surface area contributed by atoms with E-state index >= 15 is 0 Å². The Hall–Kier alpha value is -2.95. The van der Waals surface area contributed by atoms with Crippen molar-refractivity contribution >= 4 is 22.5 Å². The Labute approximate surface area is 174 Å². The Kier molecular flexibility index (Phi) is 4.14. The number of hydrogen-bond donors (Lipinski definition) is 1. The van der Waals surface area contributed by atoms with Crippen molar-refractivity contribution in [1.82, 2.24) is 4.98 Å². The summed E-state index contributed by atoms with van der Waals surface area (Å²) in [4.78, 5) is 42.4. The highest BCUT2D eigenvalue weighted by atomic mass is 16.5. The zero-order valence-electron chi connectivity index (χ0n) is 17.6. The number of carbonyl (C=O) groups excluding carboxylic acids is 2. The molecule has 0 bridgehead atoms. The van der Waals surface area contributed by atoms with Crippen LogP contribution in [-0.2, 0) is 14.3 Å². The third kappa shape index (κ3) is 2.87. The van der Waals surface area contributed by atoms with Gasteiger partial charge in [0.2, 0.25) is 0 Å². The lowest BCUT2D eigenvalue weighted by Crippen LogP contribution is -2.36. The molecule has 3 aliphatic rings. The number of para-hydroxylation sites is 1. The minimum atomic E-state index is -0.645. The molecule has 1 aliphatic heterocycles. The maximum absolute atomic E-state index is 13.3. The number of benzene rings is 1. The fourth-order valence-electron chi connectivity index (χ4n) is 5.17. The first-order valence-electron chi connectivity index (χ1n) is 10.6. The van der Waals surface area contributed by atoms with Crippen LogP contribution in [0.3, 0.4) is 0 Å². The molecule has 5 nitrogen and oxygen atoms in total. The molecule has 0 radical (unpaired) electrons. The molecular weight excluding hydrogens is 378 g/mol. The van der Waals surface area contributed by atoms with E-state index in [2.05, 4.69) is 18.8 Å². The fourth-order valence-corrected chi connectivity index (χ4v) is 5.17. The summed E-state index contributed by atoms with van der Waals surface area (Å²) in [5, 5.41) is 0.896. The zero-order chi connectivity index (χ0) is 21.2. The number of carbonyl (C=O) groups is 2. The molecule has 1 aromatic heterocycles. The molecule has 1 N–H and O–H groups in total. The van der Waals surface area contributed by atoms with Gasteiger partial charge in [-0.2, -0.15) is 0 Å². The summed E-state index contributed by atoms with van der Waals surface area (Å²) in [7, 11) is 0. The number of H-pyrrole nitrogens is 1. The van der Waals surface area contributed by atoms with Crippen molar-refractivity contribution in [3.8, 4) is 0 Å². The zero-order valence-corrected chi connectivity index (χ0v) is 17.6. The number of aryl methyl sites for hydroxylation is 1. The van der Waals surface area contributed by atoms with Crippen LogP contribution < -0.4 is 5.56 Å². The van der Waals surface area contributed by atoms with Crippen LogP contribution in [0.1, 0.15) is 63.0 Å². The van der Waals surface area contributed by atoms with Gasteiger partial charge in [0.25, 0.3) is 5.56 Å². The van der Waals surface area contributed by atoms with E-state index in [1.54, 1.807) is 0 Å². The molecule has 0 saturated carbocycles. The summed E-state index contributed by atoms with van der Waals surface area (Å²) in [6.45, 7) is 6.05. The predicted octanol–water partition coefficient (Wildman–Crippen LogP) is 4.60. The van der Waals surface area contributed by atoms with Gasteiger partial charge in [-0.05, 0) is 35.8 Å². The van der Waals surface area contributed by atoms with Gasteiger partial charge in [0.15, 0.2) is 11.6 Å². The Bertz CT molecular complexity index is 1240. The molecule has 2 heterocycles. The van der Waals surface area contributed by atoms with Crippen LogP contribution in [0, 0.1) is 12.3 Å². The van der Waals surface area contributed by atoms with Crippen LogP contribution in [0.25, 0.3) is 10.9 Å². The minimum absolute atomic E-state index is 0.0193. The van der Waals surface area contributed by atoms with Crippen molar-refractivity contribution in [2.45, 2.75) is 58.8 Å². The standard InChI is InChI=1S/C25H25NO4/c1-13-6-4-7-14-10-15(24(29)26-23(13)14)20-21-16(27)8-5-9-18(21)30-19-12-25(2,3)11-17(28)22(19)20/h4,6-7,10,20H,5,8-9,11-12H2,1-3H3,(H,26,29). The first kappa shape index (κ1) is 19.0. The largest absolute Gasteiger partial charge is 0.465 e. The minimum Gasteiger partial charge on any atom is -0.465 e. The lowest BCUT2D eigenvalue weighted by molar-refractivity contribution is -0.119. The summed E-state index contributed by atoms with van der Waals surface area (Å²) in [5.74, 6) is 0.588. The van der Waals surface area contributed by atoms with Crippen LogP contribution >= 0.6 is 0 Å². The van der Waals surface area contributed by atoms with Gasteiger partial charge in [0.05, 0.1) is 11.4 Å². The van der Waals surface area contributed by atoms with Gasteiger partial charge in [0, 0.05) is 42.4 Å². The molecule has 1 atom stereocenters. The summed E-state index contributed by atoms with van der Waals surface area (Å²) in [6.07, 6.45) is 2.82. The van der Waals surface area contributed by atoms with Gasteiger partial charge in [-0.3, -0.25) is 14.4 Å². The number of hydrogen-bond acceptors (Lipinski definition) is 4. The molecule has 0 fully saturated rings. The maximum Gasteiger partial charge on any atom is 0.252 e.